The molecule has 1 unspecified atom stereocenters. The van der Waals surface area contributed by atoms with Gasteiger partial charge in [0.15, 0.2) is 11.5 Å². The Morgan fingerprint density at radius 2 is 1.72 bits per heavy atom. The SMILES string of the molecule is COc1ccc(CC(=O)NC(C)c2nc3ccccc3n2CCCOc2ccccc2C)cc1OC. The van der Waals surface area contributed by atoms with Crippen molar-refractivity contribution in [2.75, 3.05) is 20.8 Å². The van der Waals surface area contributed by atoms with Crippen molar-refractivity contribution in [3.63, 3.8) is 0 Å². The van der Waals surface area contributed by atoms with E-state index in [0.717, 1.165) is 46.7 Å². The third-order valence-electron chi connectivity index (χ3n) is 6.14. The standard InChI is InChI=1S/C29H33N3O4/c1-20-10-5-8-13-25(20)36-17-9-16-32-24-12-7-6-11-23(24)31-29(32)21(2)30-28(33)19-22-14-15-26(34-3)27(18-22)35-4/h5-8,10-15,18,21H,9,16-17,19H2,1-4H3,(H,30,33). The Labute approximate surface area is 212 Å². The fourth-order valence-electron chi connectivity index (χ4n) is 4.32. The van der Waals surface area contributed by atoms with E-state index in [9.17, 15) is 4.79 Å². The molecule has 0 fully saturated rings. The Kier molecular flexibility index (Phi) is 8.10. The molecule has 1 atom stereocenters. The zero-order valence-corrected chi connectivity index (χ0v) is 21.3. The van der Waals surface area contributed by atoms with Crippen molar-refractivity contribution in [3.05, 3.63) is 83.7 Å². The van der Waals surface area contributed by atoms with Gasteiger partial charge in [0.25, 0.3) is 0 Å². The number of para-hydroxylation sites is 3. The van der Waals surface area contributed by atoms with Gasteiger partial charge >= 0.3 is 0 Å². The number of aromatic nitrogens is 2. The summed E-state index contributed by atoms with van der Waals surface area (Å²) < 4.78 is 18.8. The lowest BCUT2D eigenvalue weighted by atomic mass is 10.1. The third kappa shape index (κ3) is 5.79. The normalized spacial score (nSPS) is 11.8. The average Bonchev–Trinajstić information content (AvgIpc) is 3.26. The van der Waals surface area contributed by atoms with Gasteiger partial charge in [0.2, 0.25) is 5.91 Å². The van der Waals surface area contributed by atoms with Crippen LogP contribution in [-0.4, -0.2) is 36.3 Å². The van der Waals surface area contributed by atoms with E-state index >= 15 is 0 Å². The molecular weight excluding hydrogens is 454 g/mol. The van der Waals surface area contributed by atoms with Gasteiger partial charge in [-0.1, -0.05) is 36.4 Å². The van der Waals surface area contributed by atoms with Crippen molar-refractivity contribution in [3.8, 4) is 17.2 Å². The zero-order valence-electron chi connectivity index (χ0n) is 21.3. The predicted molar refractivity (Wildman–Crippen MR) is 141 cm³/mol. The molecule has 4 aromatic rings. The van der Waals surface area contributed by atoms with Crippen LogP contribution in [0.1, 0.15) is 36.3 Å². The molecule has 1 heterocycles. The van der Waals surface area contributed by atoms with Crippen LogP contribution in [0.15, 0.2) is 66.7 Å². The monoisotopic (exact) mass is 487 g/mol. The van der Waals surface area contributed by atoms with Crippen molar-refractivity contribution >= 4 is 16.9 Å². The van der Waals surface area contributed by atoms with E-state index in [1.165, 1.54) is 0 Å². The van der Waals surface area contributed by atoms with Gasteiger partial charge < -0.3 is 24.1 Å². The first-order chi connectivity index (χ1) is 17.5. The molecule has 0 aliphatic rings. The number of carbonyl (C=O) groups is 1. The maximum absolute atomic E-state index is 12.9. The first kappa shape index (κ1) is 25.1. The van der Waals surface area contributed by atoms with Gasteiger partial charge in [0.1, 0.15) is 11.6 Å². The van der Waals surface area contributed by atoms with Crippen LogP contribution in [0.2, 0.25) is 0 Å². The lowest BCUT2D eigenvalue weighted by Crippen LogP contribution is -2.30. The highest BCUT2D eigenvalue weighted by molar-refractivity contribution is 5.80. The molecular formula is C29H33N3O4. The number of fused-ring (bicyclic) bond motifs is 1. The molecule has 0 radical (unpaired) electrons. The summed E-state index contributed by atoms with van der Waals surface area (Å²) in [4.78, 5) is 17.7. The molecule has 0 saturated carbocycles. The fourth-order valence-corrected chi connectivity index (χ4v) is 4.32. The summed E-state index contributed by atoms with van der Waals surface area (Å²) in [6, 6.07) is 21.3. The van der Waals surface area contributed by atoms with Gasteiger partial charge in [-0.2, -0.15) is 0 Å². The van der Waals surface area contributed by atoms with Gasteiger partial charge in [-0.25, -0.2) is 4.98 Å². The number of hydrogen-bond donors (Lipinski definition) is 1. The highest BCUT2D eigenvalue weighted by atomic mass is 16.5. The number of aryl methyl sites for hydroxylation is 2. The number of methoxy groups -OCH3 is 2. The summed E-state index contributed by atoms with van der Waals surface area (Å²) in [5.74, 6) is 2.88. The van der Waals surface area contributed by atoms with Crippen LogP contribution in [-0.2, 0) is 17.8 Å². The second kappa shape index (κ2) is 11.6. The van der Waals surface area contributed by atoms with Crippen LogP contribution >= 0.6 is 0 Å². The number of carbonyl (C=O) groups excluding carboxylic acids is 1. The smallest absolute Gasteiger partial charge is 0.224 e. The summed E-state index contributed by atoms with van der Waals surface area (Å²) in [5.41, 5.74) is 3.92. The first-order valence-electron chi connectivity index (χ1n) is 12.1. The van der Waals surface area contributed by atoms with Crippen LogP contribution in [0.3, 0.4) is 0 Å². The Bertz CT molecular complexity index is 1330. The second-order valence-electron chi connectivity index (χ2n) is 8.73. The molecule has 36 heavy (non-hydrogen) atoms. The van der Waals surface area contributed by atoms with E-state index in [1.54, 1.807) is 14.2 Å². The zero-order chi connectivity index (χ0) is 25.5. The lowest BCUT2D eigenvalue weighted by molar-refractivity contribution is -0.121. The molecule has 1 amide bonds. The van der Waals surface area contributed by atoms with Crippen molar-refractivity contribution in [1.82, 2.24) is 14.9 Å². The minimum Gasteiger partial charge on any atom is -0.493 e. The molecule has 7 heteroatoms. The minimum absolute atomic E-state index is 0.0868. The Hall–Kier alpha value is -4.00. The summed E-state index contributed by atoms with van der Waals surface area (Å²) in [5, 5.41) is 3.11. The first-order valence-corrected chi connectivity index (χ1v) is 12.1. The Balaban J connectivity index is 1.44. The minimum atomic E-state index is -0.262. The number of ether oxygens (including phenoxy) is 3. The molecule has 1 N–H and O–H groups in total. The molecule has 0 spiro atoms. The van der Waals surface area contributed by atoms with Gasteiger partial charge in [-0.3, -0.25) is 4.79 Å². The Morgan fingerprint density at radius 1 is 0.972 bits per heavy atom. The molecule has 0 saturated heterocycles. The number of amides is 1. The van der Waals surface area contributed by atoms with E-state index in [1.807, 2.05) is 74.5 Å². The van der Waals surface area contributed by atoms with E-state index < -0.39 is 0 Å². The number of hydrogen-bond acceptors (Lipinski definition) is 5. The van der Waals surface area contributed by atoms with Crippen molar-refractivity contribution in [1.29, 1.82) is 0 Å². The number of rotatable bonds is 11. The maximum Gasteiger partial charge on any atom is 0.224 e. The molecule has 0 bridgehead atoms. The quantitative estimate of drug-likeness (QED) is 0.293. The van der Waals surface area contributed by atoms with Crippen molar-refractivity contribution in [2.45, 2.75) is 39.3 Å². The van der Waals surface area contributed by atoms with Gasteiger partial charge in [-0.15, -0.1) is 0 Å². The molecule has 0 aliphatic carbocycles. The number of nitrogens with one attached hydrogen (secondary N) is 1. The van der Waals surface area contributed by atoms with E-state index in [-0.39, 0.29) is 18.4 Å². The van der Waals surface area contributed by atoms with Crippen LogP contribution < -0.4 is 19.5 Å². The summed E-state index contributed by atoms with van der Waals surface area (Å²) >= 11 is 0. The maximum atomic E-state index is 12.9. The third-order valence-corrected chi connectivity index (χ3v) is 6.14. The number of nitrogens with zero attached hydrogens (tertiary/aromatic N) is 2. The molecule has 3 aromatic carbocycles. The van der Waals surface area contributed by atoms with Gasteiger partial charge in [0.05, 0.1) is 44.3 Å². The van der Waals surface area contributed by atoms with Crippen LogP contribution in [0.25, 0.3) is 11.0 Å². The number of imidazole rings is 1. The lowest BCUT2D eigenvalue weighted by Gasteiger charge is -2.17. The van der Waals surface area contributed by atoms with Crippen molar-refractivity contribution in [2.24, 2.45) is 0 Å². The van der Waals surface area contributed by atoms with Gasteiger partial charge in [-0.05, 0) is 61.7 Å². The summed E-state index contributed by atoms with van der Waals surface area (Å²) in [6.07, 6.45) is 1.04. The van der Waals surface area contributed by atoms with Crippen LogP contribution in [0.4, 0.5) is 0 Å². The average molecular weight is 488 g/mol. The van der Waals surface area contributed by atoms with Crippen LogP contribution in [0, 0.1) is 6.92 Å². The highest BCUT2D eigenvalue weighted by Crippen LogP contribution is 2.28. The fraction of sp³-hybridized carbons (Fsp3) is 0.310. The van der Waals surface area contributed by atoms with E-state index in [0.29, 0.717) is 18.1 Å². The molecule has 4 rings (SSSR count). The van der Waals surface area contributed by atoms with E-state index in [2.05, 4.69) is 16.0 Å². The largest absolute Gasteiger partial charge is 0.493 e. The molecule has 0 aliphatic heterocycles. The van der Waals surface area contributed by atoms with E-state index in [4.69, 9.17) is 19.2 Å². The molecule has 7 nitrogen and oxygen atoms in total. The Morgan fingerprint density at radius 3 is 2.50 bits per heavy atom. The van der Waals surface area contributed by atoms with Gasteiger partial charge in [0, 0.05) is 6.54 Å². The van der Waals surface area contributed by atoms with Crippen molar-refractivity contribution < 1.29 is 19.0 Å². The predicted octanol–water partition coefficient (Wildman–Crippen LogP) is 5.25. The summed E-state index contributed by atoms with van der Waals surface area (Å²) in [7, 11) is 3.17. The second-order valence-corrected chi connectivity index (χ2v) is 8.73. The molecule has 188 valence electrons. The highest BCUT2D eigenvalue weighted by Gasteiger charge is 2.19. The molecule has 1 aromatic heterocycles. The number of benzene rings is 3. The summed E-state index contributed by atoms with van der Waals surface area (Å²) in [6.45, 7) is 5.34. The topological polar surface area (TPSA) is 74.6 Å². The van der Waals surface area contributed by atoms with Crippen LogP contribution in [0.5, 0.6) is 17.2 Å².